The van der Waals surface area contributed by atoms with E-state index in [9.17, 15) is 0 Å². The van der Waals surface area contributed by atoms with Crippen molar-refractivity contribution >= 4 is 28.5 Å². The van der Waals surface area contributed by atoms with Crippen LogP contribution in [0.25, 0.3) is 22.6 Å². The first-order valence-electron chi connectivity index (χ1n) is 11.9. The minimum Gasteiger partial charge on any atom is -0.297 e. The highest BCUT2D eigenvalue weighted by atomic mass is 35.5. The van der Waals surface area contributed by atoms with E-state index in [-0.39, 0.29) is 0 Å². The number of hydrogen-bond donors (Lipinski definition) is 0. The summed E-state index contributed by atoms with van der Waals surface area (Å²) in [6.45, 7) is 9.31. The second kappa shape index (κ2) is 8.26. The van der Waals surface area contributed by atoms with Crippen molar-refractivity contribution in [2.75, 3.05) is 13.1 Å². The van der Waals surface area contributed by atoms with E-state index in [1.807, 2.05) is 18.3 Å². The molecule has 0 amide bonds. The lowest BCUT2D eigenvalue weighted by Crippen LogP contribution is -2.21. The summed E-state index contributed by atoms with van der Waals surface area (Å²) in [5, 5.41) is 0.718. The summed E-state index contributed by atoms with van der Waals surface area (Å²) >= 11 is 6.79. The van der Waals surface area contributed by atoms with Crippen LogP contribution in [0.15, 0.2) is 60.8 Å². The van der Waals surface area contributed by atoms with Crippen molar-refractivity contribution in [2.45, 2.75) is 39.7 Å². The Kier molecular flexibility index (Phi) is 5.19. The summed E-state index contributed by atoms with van der Waals surface area (Å²) in [6, 6.07) is 19.2. The zero-order valence-electron chi connectivity index (χ0n) is 19.8. The van der Waals surface area contributed by atoms with Gasteiger partial charge in [0.2, 0.25) is 5.78 Å². The summed E-state index contributed by atoms with van der Waals surface area (Å²) in [4.78, 5) is 12.4. The van der Waals surface area contributed by atoms with Crippen LogP contribution in [0.1, 0.15) is 40.4 Å². The maximum atomic E-state index is 6.79. The molecule has 0 aliphatic carbocycles. The number of rotatable bonds is 4. The minimum atomic E-state index is 0.585. The number of fused-ring (bicyclic) bond motifs is 3. The molecule has 2 aromatic carbocycles. The Hall–Kier alpha value is -3.15. The van der Waals surface area contributed by atoms with Crippen molar-refractivity contribution in [1.82, 2.24) is 23.8 Å². The molecule has 0 radical (unpaired) electrons. The number of aryl methyl sites for hydroxylation is 3. The summed E-state index contributed by atoms with van der Waals surface area (Å²) in [5.41, 5.74) is 8.86. The molecule has 6 heteroatoms. The molecule has 1 saturated heterocycles. The molecule has 0 bridgehead atoms. The van der Waals surface area contributed by atoms with E-state index in [1.165, 1.54) is 17.7 Å². The van der Waals surface area contributed by atoms with Gasteiger partial charge >= 0.3 is 0 Å². The highest BCUT2D eigenvalue weighted by molar-refractivity contribution is 6.32. The Morgan fingerprint density at radius 3 is 2.65 bits per heavy atom. The quantitative estimate of drug-likeness (QED) is 0.312. The van der Waals surface area contributed by atoms with Gasteiger partial charge in [-0.05, 0) is 74.5 Å². The molecule has 5 nitrogen and oxygen atoms in total. The maximum Gasteiger partial charge on any atom is 0.221 e. The molecule has 1 fully saturated rings. The van der Waals surface area contributed by atoms with E-state index in [2.05, 4.69) is 77.1 Å². The van der Waals surface area contributed by atoms with Crippen molar-refractivity contribution in [2.24, 2.45) is 0 Å². The van der Waals surface area contributed by atoms with Crippen LogP contribution >= 0.6 is 11.6 Å². The number of halogens is 1. The van der Waals surface area contributed by atoms with Gasteiger partial charge in [0.15, 0.2) is 5.65 Å². The highest BCUT2D eigenvalue weighted by Crippen LogP contribution is 2.34. The molecule has 172 valence electrons. The third-order valence-corrected chi connectivity index (χ3v) is 7.40. The van der Waals surface area contributed by atoms with Crippen molar-refractivity contribution in [1.29, 1.82) is 0 Å². The van der Waals surface area contributed by atoms with Crippen LogP contribution in [0, 0.1) is 20.8 Å². The average Bonchev–Trinajstić information content (AvgIpc) is 3.49. The van der Waals surface area contributed by atoms with Crippen molar-refractivity contribution in [3.05, 3.63) is 93.9 Å². The number of hydrogen-bond acceptors (Lipinski definition) is 3. The molecular weight excluding hydrogens is 442 g/mol. The van der Waals surface area contributed by atoms with Gasteiger partial charge in [-0.1, -0.05) is 48.0 Å². The maximum absolute atomic E-state index is 6.79. The van der Waals surface area contributed by atoms with E-state index in [4.69, 9.17) is 21.6 Å². The molecule has 0 spiro atoms. The fourth-order valence-corrected chi connectivity index (χ4v) is 5.95. The standard InChI is InChI=1S/C28H28ClN5/c1-18-14-19(2)26(23(29)15-18)34-27-24(10-7-12-30-27)33-25(20(3)31-28(33)34)17-32-13-11-22(16-32)21-8-5-4-6-9-21/h4-10,12,14-15,22H,11,13,16-17H2,1-3H3. The topological polar surface area (TPSA) is 38.4 Å². The fraction of sp³-hybridized carbons (Fsp3) is 0.286. The first-order valence-corrected chi connectivity index (χ1v) is 12.3. The lowest BCUT2D eigenvalue weighted by molar-refractivity contribution is 0.321. The Balaban J connectivity index is 1.46. The molecule has 1 unspecified atom stereocenters. The van der Waals surface area contributed by atoms with Crippen molar-refractivity contribution in [3.8, 4) is 5.69 Å². The van der Waals surface area contributed by atoms with E-state index < -0.39 is 0 Å². The third-order valence-electron chi connectivity index (χ3n) is 7.11. The first kappa shape index (κ1) is 21.4. The first-order chi connectivity index (χ1) is 16.5. The largest absolute Gasteiger partial charge is 0.297 e. The zero-order valence-corrected chi connectivity index (χ0v) is 20.5. The van der Waals surface area contributed by atoms with E-state index >= 15 is 0 Å². The van der Waals surface area contributed by atoms with Gasteiger partial charge in [0.05, 0.1) is 27.6 Å². The van der Waals surface area contributed by atoms with Gasteiger partial charge in [-0.25, -0.2) is 9.97 Å². The number of likely N-dealkylation sites (tertiary alicyclic amines) is 1. The molecule has 4 heterocycles. The smallest absolute Gasteiger partial charge is 0.221 e. The molecule has 0 saturated carbocycles. The Morgan fingerprint density at radius 1 is 1.03 bits per heavy atom. The monoisotopic (exact) mass is 469 g/mol. The van der Waals surface area contributed by atoms with Gasteiger partial charge in [0, 0.05) is 19.3 Å². The predicted octanol–water partition coefficient (Wildman–Crippen LogP) is 6.24. The molecule has 1 atom stereocenters. The van der Waals surface area contributed by atoms with Gasteiger partial charge < -0.3 is 0 Å². The molecule has 6 rings (SSSR count). The Labute approximate surface area is 204 Å². The minimum absolute atomic E-state index is 0.585. The van der Waals surface area contributed by atoms with E-state index in [0.717, 1.165) is 64.1 Å². The molecule has 0 N–H and O–H groups in total. The molecule has 3 aromatic heterocycles. The zero-order chi connectivity index (χ0) is 23.4. The number of aromatic nitrogens is 4. The van der Waals surface area contributed by atoms with Crippen LogP contribution in [-0.4, -0.2) is 36.9 Å². The number of benzene rings is 2. The van der Waals surface area contributed by atoms with Gasteiger partial charge in [-0.2, -0.15) is 0 Å². The van der Waals surface area contributed by atoms with Crippen LogP contribution in [0.2, 0.25) is 5.02 Å². The van der Waals surface area contributed by atoms with E-state index in [1.54, 1.807) is 0 Å². The molecule has 1 aliphatic rings. The summed E-state index contributed by atoms with van der Waals surface area (Å²) in [5.74, 6) is 1.45. The van der Waals surface area contributed by atoms with Crippen LogP contribution in [-0.2, 0) is 6.54 Å². The van der Waals surface area contributed by atoms with Crippen molar-refractivity contribution < 1.29 is 0 Å². The third kappa shape index (κ3) is 3.42. The van der Waals surface area contributed by atoms with Gasteiger partial charge in [0.25, 0.3) is 0 Å². The van der Waals surface area contributed by atoms with Crippen LogP contribution in [0.4, 0.5) is 0 Å². The fourth-order valence-electron chi connectivity index (χ4n) is 5.55. The lowest BCUT2D eigenvalue weighted by atomic mass is 9.99. The number of pyridine rings is 1. The van der Waals surface area contributed by atoms with Crippen molar-refractivity contribution in [3.63, 3.8) is 0 Å². The second-order valence-electron chi connectivity index (χ2n) is 9.50. The highest BCUT2D eigenvalue weighted by Gasteiger charge is 2.27. The van der Waals surface area contributed by atoms with E-state index in [0.29, 0.717) is 5.92 Å². The number of imidazole rings is 2. The summed E-state index contributed by atoms with van der Waals surface area (Å²) < 4.78 is 4.41. The van der Waals surface area contributed by atoms with Crippen LogP contribution in [0.5, 0.6) is 0 Å². The van der Waals surface area contributed by atoms with Crippen LogP contribution in [0.3, 0.4) is 0 Å². The van der Waals surface area contributed by atoms with Gasteiger partial charge in [-0.3, -0.25) is 13.9 Å². The SMILES string of the molecule is Cc1cc(C)c(-n2c3ncccc3n3c(CN4CCC(c5ccccc5)C4)c(C)nc23)c(Cl)c1. The Morgan fingerprint density at radius 2 is 1.85 bits per heavy atom. The average molecular weight is 470 g/mol. The Bertz CT molecular complexity index is 1490. The predicted molar refractivity (Wildman–Crippen MR) is 138 cm³/mol. The molecule has 1 aliphatic heterocycles. The second-order valence-corrected chi connectivity index (χ2v) is 9.91. The molecular formula is C28H28ClN5. The normalized spacial score (nSPS) is 16.8. The summed E-state index contributed by atoms with van der Waals surface area (Å²) in [7, 11) is 0. The molecule has 34 heavy (non-hydrogen) atoms. The number of nitrogens with zero attached hydrogens (tertiary/aromatic N) is 5. The van der Waals surface area contributed by atoms with Crippen LogP contribution < -0.4 is 0 Å². The molecule has 5 aromatic rings. The summed E-state index contributed by atoms with van der Waals surface area (Å²) in [6.07, 6.45) is 3.03. The van der Waals surface area contributed by atoms with Gasteiger partial charge in [0.1, 0.15) is 0 Å². The van der Waals surface area contributed by atoms with Gasteiger partial charge in [-0.15, -0.1) is 0 Å². The lowest BCUT2D eigenvalue weighted by Gasteiger charge is -2.16.